The van der Waals surface area contributed by atoms with Crippen molar-refractivity contribution in [2.45, 2.75) is 18.6 Å². The number of hydrogen-bond acceptors (Lipinski definition) is 4. The fraction of sp³-hybridized carbons (Fsp3) is 1.00. The number of nitrogens with zero attached hydrogens (tertiary/aromatic N) is 2. The van der Waals surface area contributed by atoms with Crippen LogP contribution in [0.3, 0.4) is 0 Å². The molecule has 1 rings (SSSR count). The van der Waals surface area contributed by atoms with Gasteiger partial charge in [0.05, 0.1) is 12.2 Å². The number of hydrogen-bond donors (Lipinski definition) is 0. The zero-order chi connectivity index (χ0) is 13.8. The van der Waals surface area contributed by atoms with Crippen molar-refractivity contribution in [1.82, 2.24) is 8.61 Å². The van der Waals surface area contributed by atoms with Gasteiger partial charge in [-0.25, -0.2) is 0 Å². The first kappa shape index (κ1) is 16.1. The van der Waals surface area contributed by atoms with E-state index < -0.39 is 10.2 Å². The topological polar surface area (TPSA) is 59.1 Å². The molecule has 1 heterocycles. The van der Waals surface area contributed by atoms with Crippen molar-refractivity contribution in [3.8, 4) is 0 Å². The molecule has 0 aromatic rings. The second-order valence-electron chi connectivity index (χ2n) is 4.24. The largest absolute Gasteiger partial charge is 0.377 e. The van der Waals surface area contributed by atoms with Crippen LogP contribution in [-0.4, -0.2) is 76.0 Å². The summed E-state index contributed by atoms with van der Waals surface area (Å²) in [5, 5.41) is 0. The first-order valence-electron chi connectivity index (χ1n) is 5.80. The third-order valence-corrected chi connectivity index (χ3v) is 5.30. The Morgan fingerprint density at radius 2 is 1.78 bits per heavy atom. The smallest absolute Gasteiger partial charge is 0.281 e. The summed E-state index contributed by atoms with van der Waals surface area (Å²) in [6, 6.07) is 0. The first-order chi connectivity index (χ1) is 8.47. The normalized spacial score (nSPS) is 26.1. The second-order valence-corrected chi connectivity index (χ2v) is 6.65. The number of methoxy groups -OCH3 is 2. The molecule has 0 N–H and O–H groups in total. The predicted octanol–water partition coefficient (Wildman–Crippen LogP) is 0.138. The van der Waals surface area contributed by atoms with Crippen LogP contribution in [0.15, 0.2) is 0 Å². The van der Waals surface area contributed by atoms with Gasteiger partial charge < -0.3 is 9.47 Å². The SMILES string of the molecule is COC1CN(S(=O)(=O)N(C)CCCCl)CC1OC. The molecule has 108 valence electrons. The minimum Gasteiger partial charge on any atom is -0.377 e. The molecule has 6 nitrogen and oxygen atoms in total. The van der Waals surface area contributed by atoms with Gasteiger partial charge in [-0.2, -0.15) is 17.0 Å². The quantitative estimate of drug-likeness (QED) is 0.628. The molecule has 1 aliphatic heterocycles. The lowest BCUT2D eigenvalue weighted by atomic mass is 10.3. The number of halogens is 1. The molecule has 0 amide bonds. The van der Waals surface area contributed by atoms with E-state index in [0.717, 1.165) is 0 Å². The van der Waals surface area contributed by atoms with Gasteiger partial charge in [0.25, 0.3) is 10.2 Å². The molecule has 1 saturated heterocycles. The van der Waals surface area contributed by atoms with Gasteiger partial charge in [0.1, 0.15) is 0 Å². The molecular weight excluding hydrogens is 280 g/mol. The molecule has 0 saturated carbocycles. The van der Waals surface area contributed by atoms with Crippen LogP contribution in [0.2, 0.25) is 0 Å². The van der Waals surface area contributed by atoms with Gasteiger partial charge >= 0.3 is 0 Å². The summed E-state index contributed by atoms with van der Waals surface area (Å²) in [6.07, 6.45) is 0.199. The predicted molar refractivity (Wildman–Crippen MR) is 70.1 cm³/mol. The van der Waals surface area contributed by atoms with E-state index in [1.165, 1.54) is 8.61 Å². The van der Waals surface area contributed by atoms with Crippen molar-refractivity contribution in [3.63, 3.8) is 0 Å². The highest BCUT2D eigenvalue weighted by Gasteiger charge is 2.40. The molecule has 0 radical (unpaired) electrons. The van der Waals surface area contributed by atoms with Crippen LogP contribution < -0.4 is 0 Å². The molecule has 2 atom stereocenters. The molecule has 0 bridgehead atoms. The molecule has 1 aliphatic rings. The van der Waals surface area contributed by atoms with E-state index in [2.05, 4.69) is 0 Å². The molecule has 2 unspecified atom stereocenters. The van der Waals surface area contributed by atoms with Gasteiger partial charge in [0.2, 0.25) is 0 Å². The summed E-state index contributed by atoms with van der Waals surface area (Å²) in [5.41, 5.74) is 0. The summed E-state index contributed by atoms with van der Waals surface area (Å²) in [4.78, 5) is 0. The highest BCUT2D eigenvalue weighted by Crippen LogP contribution is 2.20. The first-order valence-corrected chi connectivity index (χ1v) is 7.73. The Labute approximate surface area is 114 Å². The second kappa shape index (κ2) is 7.02. The van der Waals surface area contributed by atoms with Crippen molar-refractivity contribution in [2.24, 2.45) is 0 Å². The van der Waals surface area contributed by atoms with Crippen LogP contribution in [-0.2, 0) is 19.7 Å². The van der Waals surface area contributed by atoms with Crippen molar-refractivity contribution in [2.75, 3.05) is 46.8 Å². The average molecular weight is 301 g/mol. The third kappa shape index (κ3) is 3.55. The minimum atomic E-state index is -3.45. The molecule has 0 spiro atoms. The van der Waals surface area contributed by atoms with E-state index in [4.69, 9.17) is 21.1 Å². The van der Waals surface area contributed by atoms with Crippen LogP contribution in [0, 0.1) is 0 Å². The van der Waals surface area contributed by atoms with Gasteiger partial charge in [0, 0.05) is 46.8 Å². The molecule has 0 aromatic carbocycles. The molecule has 0 aliphatic carbocycles. The van der Waals surface area contributed by atoms with Crippen LogP contribution in [0.1, 0.15) is 6.42 Å². The van der Waals surface area contributed by atoms with Crippen molar-refractivity contribution in [3.05, 3.63) is 0 Å². The third-order valence-electron chi connectivity index (χ3n) is 3.11. The molecule has 1 fully saturated rings. The Morgan fingerprint density at radius 1 is 1.28 bits per heavy atom. The number of ether oxygens (including phenoxy) is 2. The van der Waals surface area contributed by atoms with Crippen molar-refractivity contribution < 1.29 is 17.9 Å². The van der Waals surface area contributed by atoms with Crippen molar-refractivity contribution in [1.29, 1.82) is 0 Å². The standard InChI is InChI=1S/C10H21ClN2O4S/c1-12(6-4-5-11)18(14,15)13-7-9(16-2)10(8-13)17-3/h9-10H,4-8H2,1-3H3. The molecular formula is C10H21ClN2O4S. The highest BCUT2D eigenvalue weighted by molar-refractivity contribution is 7.86. The Balaban J connectivity index is 2.69. The van der Waals surface area contributed by atoms with E-state index in [9.17, 15) is 8.42 Å². The monoisotopic (exact) mass is 300 g/mol. The lowest BCUT2D eigenvalue weighted by molar-refractivity contribution is -0.00461. The Kier molecular flexibility index (Phi) is 6.29. The maximum atomic E-state index is 12.3. The lowest BCUT2D eigenvalue weighted by Gasteiger charge is -2.23. The fourth-order valence-corrected chi connectivity index (χ4v) is 3.49. The number of alkyl halides is 1. The van der Waals surface area contributed by atoms with Crippen LogP contribution in [0.4, 0.5) is 0 Å². The van der Waals surface area contributed by atoms with E-state index in [0.29, 0.717) is 31.9 Å². The Bertz CT molecular complexity index is 340. The maximum absolute atomic E-state index is 12.3. The van der Waals surface area contributed by atoms with Crippen LogP contribution in [0.5, 0.6) is 0 Å². The molecule has 8 heteroatoms. The summed E-state index contributed by atoms with van der Waals surface area (Å²) >= 11 is 5.57. The summed E-state index contributed by atoms with van der Waals surface area (Å²) < 4.78 is 37.7. The molecule has 0 aromatic heterocycles. The van der Waals surface area contributed by atoms with Gasteiger partial charge in [0.15, 0.2) is 0 Å². The van der Waals surface area contributed by atoms with Gasteiger partial charge in [-0.1, -0.05) is 0 Å². The lowest BCUT2D eigenvalue weighted by Crippen LogP contribution is -2.41. The van der Waals surface area contributed by atoms with Crippen molar-refractivity contribution >= 4 is 21.8 Å². The van der Waals surface area contributed by atoms with E-state index in [1.807, 2.05) is 0 Å². The summed E-state index contributed by atoms with van der Waals surface area (Å²) in [5.74, 6) is 0.446. The Hall–Kier alpha value is 0.0800. The van der Waals surface area contributed by atoms with E-state index in [1.54, 1.807) is 21.3 Å². The zero-order valence-corrected chi connectivity index (χ0v) is 12.6. The summed E-state index contributed by atoms with van der Waals surface area (Å²) in [7, 11) is 1.23. The number of rotatable bonds is 7. The average Bonchev–Trinajstić information content (AvgIpc) is 2.79. The summed E-state index contributed by atoms with van der Waals surface area (Å²) in [6.45, 7) is 1.06. The van der Waals surface area contributed by atoms with E-state index in [-0.39, 0.29) is 12.2 Å². The maximum Gasteiger partial charge on any atom is 0.281 e. The van der Waals surface area contributed by atoms with Crippen LogP contribution in [0.25, 0.3) is 0 Å². The Morgan fingerprint density at radius 3 is 2.17 bits per heavy atom. The fourth-order valence-electron chi connectivity index (χ4n) is 1.95. The van der Waals surface area contributed by atoms with Gasteiger partial charge in [-0.3, -0.25) is 0 Å². The van der Waals surface area contributed by atoms with Crippen LogP contribution >= 0.6 is 11.6 Å². The molecule has 18 heavy (non-hydrogen) atoms. The van der Waals surface area contributed by atoms with E-state index >= 15 is 0 Å². The minimum absolute atomic E-state index is 0.216. The van der Waals surface area contributed by atoms with Gasteiger partial charge in [-0.05, 0) is 6.42 Å². The zero-order valence-electron chi connectivity index (χ0n) is 11.0. The van der Waals surface area contributed by atoms with Gasteiger partial charge in [-0.15, -0.1) is 11.6 Å². The highest BCUT2D eigenvalue weighted by atomic mass is 35.5.